The van der Waals surface area contributed by atoms with Crippen molar-refractivity contribution in [3.63, 3.8) is 0 Å². The van der Waals surface area contributed by atoms with Crippen LogP contribution in [0.5, 0.6) is 0 Å². The maximum absolute atomic E-state index is 5.97. The molecule has 0 nitrogen and oxygen atoms in total. The Bertz CT molecular complexity index is 305. The fourth-order valence-electron chi connectivity index (χ4n) is 1.43. The van der Waals surface area contributed by atoms with Crippen LogP contribution in [0.2, 0.25) is 0 Å². The molecule has 0 unspecified atom stereocenters. The van der Waals surface area contributed by atoms with E-state index >= 15 is 0 Å². The third-order valence-corrected chi connectivity index (χ3v) is 4.62. The molecular formula is C10H13ClMg. The van der Waals surface area contributed by atoms with Crippen LogP contribution in [-0.2, 0) is 0 Å². The van der Waals surface area contributed by atoms with Crippen LogP contribution < -0.4 is 3.69 Å². The topological polar surface area (TPSA) is 0 Å². The van der Waals surface area contributed by atoms with Crippen LogP contribution in [0, 0.1) is 27.7 Å². The molecule has 0 N–H and O–H groups in total. The van der Waals surface area contributed by atoms with Crippen LogP contribution in [0.3, 0.4) is 0 Å². The largest absolute Gasteiger partial charge is 0.538 e. The van der Waals surface area contributed by atoms with Gasteiger partial charge in [-0.25, -0.2) is 0 Å². The molecule has 0 aliphatic heterocycles. The molecule has 0 aromatic heterocycles. The molecule has 0 saturated heterocycles. The summed E-state index contributed by atoms with van der Waals surface area (Å²) in [6, 6.07) is 2.25. The van der Waals surface area contributed by atoms with Crippen molar-refractivity contribution in [2.24, 2.45) is 0 Å². The van der Waals surface area contributed by atoms with E-state index in [9.17, 15) is 0 Å². The van der Waals surface area contributed by atoms with E-state index < -0.39 is 19.3 Å². The highest BCUT2D eigenvalue weighted by atomic mass is 35.5. The van der Waals surface area contributed by atoms with Crippen LogP contribution >= 0.6 is 9.07 Å². The van der Waals surface area contributed by atoms with Crippen LogP contribution in [0.4, 0.5) is 0 Å². The number of hydrogen-bond acceptors (Lipinski definition) is 0. The van der Waals surface area contributed by atoms with Crippen molar-refractivity contribution in [3.8, 4) is 0 Å². The number of benzene rings is 1. The zero-order valence-corrected chi connectivity index (χ0v) is 10.3. The molecule has 1 aromatic carbocycles. The Labute approximate surface area is 87.8 Å². The predicted molar refractivity (Wildman–Crippen MR) is 56.6 cm³/mol. The van der Waals surface area contributed by atoms with Crippen LogP contribution in [0.1, 0.15) is 22.3 Å². The van der Waals surface area contributed by atoms with Crippen molar-refractivity contribution in [2.45, 2.75) is 27.7 Å². The lowest BCUT2D eigenvalue weighted by Crippen LogP contribution is -2.16. The van der Waals surface area contributed by atoms with Crippen LogP contribution in [0.25, 0.3) is 0 Å². The van der Waals surface area contributed by atoms with Gasteiger partial charge in [-0.1, -0.05) is 17.2 Å². The molecule has 0 fully saturated rings. The molecule has 12 heavy (non-hydrogen) atoms. The quantitative estimate of drug-likeness (QED) is 0.600. The highest BCUT2D eigenvalue weighted by Crippen LogP contribution is 2.14. The average molecular weight is 193 g/mol. The van der Waals surface area contributed by atoms with Crippen molar-refractivity contribution in [3.05, 3.63) is 28.3 Å². The molecule has 0 bridgehead atoms. The molecule has 0 amide bonds. The Balaban J connectivity index is 3.39. The molecule has 0 saturated carbocycles. The van der Waals surface area contributed by atoms with E-state index in [-0.39, 0.29) is 0 Å². The number of hydrogen-bond donors (Lipinski definition) is 0. The van der Waals surface area contributed by atoms with Gasteiger partial charge in [0.25, 0.3) is 0 Å². The number of halogens is 1. The Hall–Kier alpha value is 0.276. The second-order valence-corrected chi connectivity index (χ2v) is 5.19. The maximum Gasteiger partial charge on any atom is 0.538 e. The zero-order valence-electron chi connectivity index (χ0n) is 8.16. The Morgan fingerprint density at radius 3 is 2.08 bits per heavy atom. The lowest BCUT2D eigenvalue weighted by atomic mass is 10.00. The average Bonchev–Trinajstić information content (AvgIpc) is 2.08. The molecule has 0 heterocycles. The lowest BCUT2D eigenvalue weighted by molar-refractivity contribution is 1.23. The smallest absolute Gasteiger partial charge is 0.336 e. The first-order valence-electron chi connectivity index (χ1n) is 4.20. The van der Waals surface area contributed by atoms with E-state index in [1.54, 1.807) is 0 Å². The molecule has 62 valence electrons. The van der Waals surface area contributed by atoms with Gasteiger partial charge in [-0.05, 0) is 38.8 Å². The summed E-state index contributed by atoms with van der Waals surface area (Å²) in [5.41, 5.74) is 5.61. The van der Waals surface area contributed by atoms with Crippen molar-refractivity contribution in [1.29, 1.82) is 0 Å². The Kier molecular flexibility index (Phi) is 3.44. The van der Waals surface area contributed by atoms with E-state index in [2.05, 4.69) is 33.8 Å². The summed E-state index contributed by atoms with van der Waals surface area (Å²) < 4.78 is 1.40. The van der Waals surface area contributed by atoms with Gasteiger partial charge in [0, 0.05) is 0 Å². The maximum atomic E-state index is 5.97. The van der Waals surface area contributed by atoms with Gasteiger partial charge in [0.05, 0.1) is 0 Å². The summed E-state index contributed by atoms with van der Waals surface area (Å²) in [4.78, 5) is 0. The standard InChI is InChI=1S/C10H13.ClH.Mg/c1-7-5-6-8(2)10(4)9(7)3;;/h5H,1-4H3;1H;/q;;+1/p-1. The van der Waals surface area contributed by atoms with E-state index in [0.29, 0.717) is 0 Å². The SMILES string of the molecule is Cc1c[c]([Mg][Cl])c(C)c(C)c1C. The first kappa shape index (κ1) is 10.4. The van der Waals surface area contributed by atoms with E-state index in [4.69, 9.17) is 9.07 Å². The minimum Gasteiger partial charge on any atom is -0.336 e. The van der Waals surface area contributed by atoms with Crippen molar-refractivity contribution in [1.82, 2.24) is 0 Å². The second-order valence-electron chi connectivity index (χ2n) is 3.36. The first-order chi connectivity index (χ1) is 5.57. The van der Waals surface area contributed by atoms with Crippen molar-refractivity contribution in [2.75, 3.05) is 0 Å². The van der Waals surface area contributed by atoms with Gasteiger partial charge in [-0.15, -0.1) is 3.69 Å². The van der Waals surface area contributed by atoms with E-state index in [1.165, 1.54) is 25.9 Å². The molecule has 0 atom stereocenters. The monoisotopic (exact) mass is 192 g/mol. The van der Waals surface area contributed by atoms with Gasteiger partial charge < -0.3 is 9.07 Å². The van der Waals surface area contributed by atoms with Crippen LogP contribution in [-0.4, -0.2) is 19.3 Å². The highest BCUT2D eigenvalue weighted by molar-refractivity contribution is 7.01. The highest BCUT2D eigenvalue weighted by Gasteiger charge is 2.06. The molecular weight excluding hydrogens is 180 g/mol. The molecule has 1 rings (SSSR count). The van der Waals surface area contributed by atoms with Gasteiger partial charge in [-0.2, -0.15) is 0 Å². The zero-order chi connectivity index (χ0) is 9.30. The van der Waals surface area contributed by atoms with Crippen LogP contribution in [0.15, 0.2) is 6.07 Å². The summed E-state index contributed by atoms with van der Waals surface area (Å²) in [7, 11) is 5.97. The molecule has 0 aliphatic carbocycles. The van der Waals surface area contributed by atoms with Gasteiger partial charge in [0.1, 0.15) is 0 Å². The van der Waals surface area contributed by atoms with E-state index in [0.717, 1.165) is 0 Å². The predicted octanol–water partition coefficient (Wildman–Crippen LogP) is 2.40. The lowest BCUT2D eigenvalue weighted by Gasteiger charge is -2.12. The number of rotatable bonds is 1. The Morgan fingerprint density at radius 2 is 1.58 bits per heavy atom. The van der Waals surface area contributed by atoms with Gasteiger partial charge in [0.2, 0.25) is 0 Å². The fraction of sp³-hybridized carbons (Fsp3) is 0.400. The summed E-state index contributed by atoms with van der Waals surface area (Å²) in [6.45, 7) is 8.69. The summed E-state index contributed by atoms with van der Waals surface area (Å²) in [5.74, 6) is 0. The minimum atomic E-state index is -0.524. The first-order valence-corrected chi connectivity index (χ1v) is 7.04. The van der Waals surface area contributed by atoms with Crippen molar-refractivity contribution < 1.29 is 0 Å². The number of aryl methyl sites for hydroxylation is 1. The summed E-state index contributed by atoms with van der Waals surface area (Å²) in [6.07, 6.45) is 0. The third-order valence-electron chi connectivity index (χ3n) is 2.73. The summed E-state index contributed by atoms with van der Waals surface area (Å²) >= 11 is -0.524. The molecule has 2 heteroatoms. The molecule has 0 radical (unpaired) electrons. The Morgan fingerprint density at radius 1 is 1.00 bits per heavy atom. The molecule has 1 aromatic rings. The van der Waals surface area contributed by atoms with Gasteiger partial charge >= 0.3 is 19.3 Å². The van der Waals surface area contributed by atoms with Crippen molar-refractivity contribution >= 4 is 32.0 Å². The summed E-state index contributed by atoms with van der Waals surface area (Å²) in [5, 5.41) is 0. The van der Waals surface area contributed by atoms with Gasteiger partial charge in [-0.3, -0.25) is 0 Å². The molecule has 0 aliphatic rings. The minimum absolute atomic E-state index is 0.524. The third kappa shape index (κ3) is 1.78. The van der Waals surface area contributed by atoms with E-state index in [1.807, 2.05) is 0 Å². The molecule has 0 spiro atoms. The van der Waals surface area contributed by atoms with Gasteiger partial charge in [0.15, 0.2) is 0 Å². The fourth-order valence-corrected chi connectivity index (χ4v) is 3.12. The second kappa shape index (κ2) is 3.99. The normalized spacial score (nSPS) is 9.75.